The first-order valence-electron chi connectivity index (χ1n) is 8.60. The van der Waals surface area contributed by atoms with Gasteiger partial charge in [0.05, 0.1) is 23.3 Å². The molecule has 2 aromatic heterocycles. The zero-order valence-electron chi connectivity index (χ0n) is 15.3. The molecule has 0 saturated carbocycles. The number of carbonyl (C=O) groups excluding carboxylic acids is 1. The average Bonchev–Trinajstić information content (AvgIpc) is 2.87. The van der Waals surface area contributed by atoms with Crippen LogP contribution in [0, 0.1) is 13.8 Å². The Morgan fingerprint density at radius 1 is 1.36 bits per heavy atom. The zero-order valence-corrected chi connectivity index (χ0v) is 15.3. The van der Waals surface area contributed by atoms with Crippen molar-refractivity contribution >= 4 is 5.91 Å². The highest BCUT2D eigenvalue weighted by Gasteiger charge is 2.26. The van der Waals surface area contributed by atoms with E-state index in [1.807, 2.05) is 36.7 Å². The number of amides is 1. The van der Waals surface area contributed by atoms with E-state index in [2.05, 4.69) is 10.1 Å². The lowest BCUT2D eigenvalue weighted by Gasteiger charge is -2.32. The van der Waals surface area contributed by atoms with Crippen LogP contribution >= 0.6 is 0 Å². The molecule has 3 heterocycles. The molecule has 2 aromatic rings. The highest BCUT2D eigenvalue weighted by atomic mass is 16.5. The fraction of sp³-hybridized carbons (Fsp3) is 0.556. The Labute approximate surface area is 148 Å². The van der Waals surface area contributed by atoms with E-state index in [1.165, 1.54) is 0 Å². The van der Waals surface area contributed by atoms with Crippen LogP contribution < -0.4 is 0 Å². The Morgan fingerprint density at radius 2 is 2.16 bits per heavy atom. The Balaban J connectivity index is 1.85. The summed E-state index contributed by atoms with van der Waals surface area (Å²) in [5.74, 6) is 0.245. The standard InChI is InChI=1S/C18H25N5O2/c1-12-18(13(2)22(3)21-12)16-9-19-8-15(20-16)14-6-5-7-23(10-14)17(24)11-25-4/h8-9,14H,5-7,10-11H2,1-4H3/t14-/m0/s1. The number of rotatable bonds is 4. The number of nitrogens with zero attached hydrogens (tertiary/aromatic N) is 5. The van der Waals surface area contributed by atoms with E-state index in [1.54, 1.807) is 13.3 Å². The van der Waals surface area contributed by atoms with Crippen LogP contribution in [-0.4, -0.2) is 57.4 Å². The molecule has 25 heavy (non-hydrogen) atoms. The van der Waals surface area contributed by atoms with Crippen LogP contribution in [0.25, 0.3) is 11.3 Å². The molecule has 1 atom stereocenters. The normalized spacial score (nSPS) is 17.8. The van der Waals surface area contributed by atoms with Gasteiger partial charge in [-0.25, -0.2) is 4.98 Å². The van der Waals surface area contributed by atoms with Crippen LogP contribution in [0.3, 0.4) is 0 Å². The number of likely N-dealkylation sites (tertiary alicyclic amines) is 1. The van der Waals surface area contributed by atoms with E-state index in [4.69, 9.17) is 9.72 Å². The SMILES string of the molecule is COCC(=O)N1CCC[C@H](c2cncc(-c3c(C)nn(C)c3C)n2)C1. The minimum absolute atomic E-state index is 0.0373. The predicted octanol–water partition coefficient (Wildman–Crippen LogP) is 1.85. The monoisotopic (exact) mass is 343 g/mol. The van der Waals surface area contributed by atoms with Gasteiger partial charge in [0, 0.05) is 50.6 Å². The Bertz CT molecular complexity index is 771. The number of hydrogen-bond acceptors (Lipinski definition) is 5. The molecule has 134 valence electrons. The molecule has 3 rings (SSSR count). The van der Waals surface area contributed by atoms with E-state index in [0.717, 1.165) is 47.7 Å². The molecule has 1 fully saturated rings. The van der Waals surface area contributed by atoms with Crippen molar-refractivity contribution in [2.75, 3.05) is 26.8 Å². The van der Waals surface area contributed by atoms with Crippen LogP contribution in [0.15, 0.2) is 12.4 Å². The number of aryl methyl sites for hydroxylation is 2. The number of hydrogen-bond donors (Lipinski definition) is 0. The summed E-state index contributed by atoms with van der Waals surface area (Å²) < 4.78 is 6.84. The molecular weight excluding hydrogens is 318 g/mol. The van der Waals surface area contributed by atoms with Gasteiger partial charge in [-0.1, -0.05) is 0 Å². The summed E-state index contributed by atoms with van der Waals surface area (Å²) in [6, 6.07) is 0. The molecule has 1 aliphatic rings. The summed E-state index contributed by atoms with van der Waals surface area (Å²) >= 11 is 0. The molecule has 0 N–H and O–H groups in total. The first kappa shape index (κ1) is 17.5. The van der Waals surface area contributed by atoms with Gasteiger partial charge in [-0.15, -0.1) is 0 Å². The van der Waals surface area contributed by atoms with E-state index < -0.39 is 0 Å². The summed E-state index contributed by atoms with van der Waals surface area (Å²) in [5.41, 5.74) is 4.85. The second-order valence-electron chi connectivity index (χ2n) is 6.61. The summed E-state index contributed by atoms with van der Waals surface area (Å²) in [6.07, 6.45) is 5.59. The van der Waals surface area contributed by atoms with Gasteiger partial charge in [-0.05, 0) is 26.7 Å². The van der Waals surface area contributed by atoms with Crippen LogP contribution in [0.1, 0.15) is 35.8 Å². The van der Waals surface area contributed by atoms with Crippen LogP contribution in [0.4, 0.5) is 0 Å². The van der Waals surface area contributed by atoms with Crippen molar-refractivity contribution in [1.82, 2.24) is 24.6 Å². The lowest BCUT2D eigenvalue weighted by atomic mass is 9.94. The molecule has 1 saturated heterocycles. The summed E-state index contributed by atoms with van der Waals surface area (Å²) in [5, 5.41) is 4.47. The van der Waals surface area contributed by atoms with Crippen molar-refractivity contribution in [2.45, 2.75) is 32.6 Å². The third-order valence-electron chi connectivity index (χ3n) is 4.88. The maximum atomic E-state index is 12.1. The van der Waals surface area contributed by atoms with Gasteiger partial charge in [-0.3, -0.25) is 14.5 Å². The molecule has 7 nitrogen and oxygen atoms in total. The van der Waals surface area contributed by atoms with E-state index >= 15 is 0 Å². The fourth-order valence-electron chi connectivity index (χ4n) is 3.50. The van der Waals surface area contributed by atoms with Crippen molar-refractivity contribution in [3.8, 4) is 11.3 Å². The van der Waals surface area contributed by atoms with Gasteiger partial charge in [-0.2, -0.15) is 5.10 Å². The molecule has 0 aromatic carbocycles. The quantitative estimate of drug-likeness (QED) is 0.847. The van der Waals surface area contributed by atoms with Crippen LogP contribution in [-0.2, 0) is 16.6 Å². The maximum absolute atomic E-state index is 12.1. The van der Waals surface area contributed by atoms with Crippen LogP contribution in [0.2, 0.25) is 0 Å². The van der Waals surface area contributed by atoms with Crippen molar-refractivity contribution in [3.63, 3.8) is 0 Å². The molecule has 1 amide bonds. The van der Waals surface area contributed by atoms with Gasteiger partial charge in [0.25, 0.3) is 0 Å². The minimum atomic E-state index is 0.0373. The highest BCUT2D eigenvalue weighted by molar-refractivity contribution is 5.77. The zero-order chi connectivity index (χ0) is 18.0. The average molecular weight is 343 g/mol. The van der Waals surface area contributed by atoms with Gasteiger partial charge >= 0.3 is 0 Å². The summed E-state index contributed by atoms with van der Waals surface area (Å²) in [4.78, 5) is 23.2. The summed E-state index contributed by atoms with van der Waals surface area (Å²) in [6.45, 7) is 5.61. The van der Waals surface area contributed by atoms with E-state index in [-0.39, 0.29) is 18.4 Å². The Morgan fingerprint density at radius 3 is 2.84 bits per heavy atom. The van der Waals surface area contributed by atoms with E-state index in [9.17, 15) is 4.79 Å². The molecule has 1 aliphatic heterocycles. The van der Waals surface area contributed by atoms with Crippen molar-refractivity contribution in [3.05, 3.63) is 29.5 Å². The molecular formula is C18H25N5O2. The third kappa shape index (κ3) is 3.56. The second-order valence-corrected chi connectivity index (χ2v) is 6.61. The van der Waals surface area contributed by atoms with Crippen molar-refractivity contribution in [1.29, 1.82) is 0 Å². The molecule has 0 unspecified atom stereocenters. The molecule has 0 bridgehead atoms. The number of piperidine rings is 1. The van der Waals surface area contributed by atoms with Crippen molar-refractivity contribution < 1.29 is 9.53 Å². The molecule has 0 radical (unpaired) electrons. The highest BCUT2D eigenvalue weighted by Crippen LogP contribution is 2.29. The number of ether oxygens (including phenoxy) is 1. The Hall–Kier alpha value is -2.28. The minimum Gasteiger partial charge on any atom is -0.375 e. The fourth-order valence-corrected chi connectivity index (χ4v) is 3.50. The topological polar surface area (TPSA) is 73.1 Å². The van der Waals surface area contributed by atoms with Gasteiger partial charge < -0.3 is 9.64 Å². The molecule has 0 spiro atoms. The summed E-state index contributed by atoms with van der Waals surface area (Å²) in [7, 11) is 3.48. The molecule has 7 heteroatoms. The van der Waals surface area contributed by atoms with Gasteiger partial charge in [0.15, 0.2) is 0 Å². The van der Waals surface area contributed by atoms with Gasteiger partial charge in [0.2, 0.25) is 5.91 Å². The van der Waals surface area contributed by atoms with Crippen LogP contribution in [0.5, 0.6) is 0 Å². The largest absolute Gasteiger partial charge is 0.375 e. The van der Waals surface area contributed by atoms with Gasteiger partial charge in [0.1, 0.15) is 6.61 Å². The van der Waals surface area contributed by atoms with E-state index in [0.29, 0.717) is 6.54 Å². The Kier molecular flexibility index (Phi) is 5.13. The number of carbonyl (C=O) groups is 1. The first-order valence-corrected chi connectivity index (χ1v) is 8.60. The number of aromatic nitrogens is 4. The lowest BCUT2D eigenvalue weighted by molar-refractivity contribution is -0.136. The first-order chi connectivity index (χ1) is 12.0. The second kappa shape index (κ2) is 7.31. The maximum Gasteiger partial charge on any atom is 0.248 e. The lowest BCUT2D eigenvalue weighted by Crippen LogP contribution is -2.41. The predicted molar refractivity (Wildman–Crippen MR) is 94.1 cm³/mol. The number of methoxy groups -OCH3 is 1. The smallest absolute Gasteiger partial charge is 0.248 e. The third-order valence-corrected chi connectivity index (χ3v) is 4.88. The molecule has 0 aliphatic carbocycles. The van der Waals surface area contributed by atoms with Crippen molar-refractivity contribution in [2.24, 2.45) is 7.05 Å².